The van der Waals surface area contributed by atoms with E-state index in [1.807, 2.05) is 0 Å². The highest BCUT2D eigenvalue weighted by molar-refractivity contribution is 5.79. The fourth-order valence-corrected chi connectivity index (χ4v) is 2.93. The van der Waals surface area contributed by atoms with Gasteiger partial charge in [0.05, 0.1) is 18.1 Å². The number of carbonyl (C=O) groups excluding carboxylic acids is 1. The molecule has 4 heteroatoms. The molecule has 2 fully saturated rings. The van der Waals surface area contributed by atoms with Crippen LogP contribution in [0.2, 0.25) is 0 Å². The molecule has 1 amide bonds. The van der Waals surface area contributed by atoms with Crippen molar-refractivity contribution in [3.05, 3.63) is 0 Å². The molecule has 2 N–H and O–H groups in total. The van der Waals surface area contributed by atoms with Crippen molar-refractivity contribution < 1.29 is 14.6 Å². The van der Waals surface area contributed by atoms with Crippen LogP contribution in [0, 0.1) is 11.8 Å². The smallest absolute Gasteiger partial charge is 0.225 e. The minimum absolute atomic E-state index is 0.0142. The van der Waals surface area contributed by atoms with E-state index in [-0.39, 0.29) is 11.8 Å². The number of aliphatic hydroxyl groups is 1. The van der Waals surface area contributed by atoms with Crippen LogP contribution in [-0.2, 0) is 9.53 Å². The van der Waals surface area contributed by atoms with Crippen LogP contribution < -0.4 is 5.32 Å². The Morgan fingerprint density at radius 1 is 1.53 bits per heavy atom. The second kappa shape index (κ2) is 5.36. The third-order valence-electron chi connectivity index (χ3n) is 3.96. The van der Waals surface area contributed by atoms with Crippen molar-refractivity contribution in [1.82, 2.24) is 5.32 Å². The molecule has 2 rings (SSSR count). The lowest BCUT2D eigenvalue weighted by Crippen LogP contribution is -2.47. The highest BCUT2D eigenvalue weighted by Gasteiger charge is 2.34. The molecule has 1 aliphatic carbocycles. The molecule has 0 aromatic heterocycles. The van der Waals surface area contributed by atoms with Crippen molar-refractivity contribution in [2.75, 3.05) is 19.8 Å². The Morgan fingerprint density at radius 2 is 2.35 bits per heavy atom. The van der Waals surface area contributed by atoms with E-state index in [1.165, 1.54) is 6.42 Å². The maximum Gasteiger partial charge on any atom is 0.225 e. The van der Waals surface area contributed by atoms with Gasteiger partial charge < -0.3 is 15.2 Å². The Labute approximate surface area is 103 Å². The summed E-state index contributed by atoms with van der Waals surface area (Å²) in [6.45, 7) is 3.77. The zero-order valence-electron chi connectivity index (χ0n) is 10.6. The Balaban J connectivity index is 1.78. The summed E-state index contributed by atoms with van der Waals surface area (Å²) in [5.74, 6) is 0.578. The van der Waals surface area contributed by atoms with Crippen LogP contribution in [0.25, 0.3) is 0 Å². The first-order valence-electron chi connectivity index (χ1n) is 6.67. The van der Waals surface area contributed by atoms with E-state index in [0.29, 0.717) is 25.7 Å². The number of nitrogens with one attached hydrogen (secondary N) is 1. The van der Waals surface area contributed by atoms with Gasteiger partial charge in [0.25, 0.3) is 0 Å². The van der Waals surface area contributed by atoms with Crippen molar-refractivity contribution in [3.63, 3.8) is 0 Å². The maximum absolute atomic E-state index is 11.8. The molecule has 1 saturated heterocycles. The normalized spacial score (nSPS) is 38.0. The van der Waals surface area contributed by atoms with Gasteiger partial charge in [0.15, 0.2) is 0 Å². The Morgan fingerprint density at radius 3 is 3.00 bits per heavy atom. The average molecular weight is 241 g/mol. The monoisotopic (exact) mass is 241 g/mol. The molecule has 2 aliphatic rings. The van der Waals surface area contributed by atoms with Crippen molar-refractivity contribution in [3.8, 4) is 0 Å². The summed E-state index contributed by atoms with van der Waals surface area (Å²) in [4.78, 5) is 11.8. The fourth-order valence-electron chi connectivity index (χ4n) is 2.93. The minimum atomic E-state index is -0.688. The summed E-state index contributed by atoms with van der Waals surface area (Å²) >= 11 is 0. The number of amides is 1. The van der Waals surface area contributed by atoms with Crippen LogP contribution in [0.5, 0.6) is 0 Å². The van der Waals surface area contributed by atoms with E-state index in [0.717, 1.165) is 25.7 Å². The third-order valence-corrected chi connectivity index (χ3v) is 3.96. The van der Waals surface area contributed by atoms with Crippen LogP contribution in [0.3, 0.4) is 0 Å². The summed E-state index contributed by atoms with van der Waals surface area (Å²) in [7, 11) is 0. The van der Waals surface area contributed by atoms with Crippen molar-refractivity contribution in [1.29, 1.82) is 0 Å². The third kappa shape index (κ3) is 3.42. The number of rotatable bonds is 3. The number of carbonyl (C=O) groups is 1. The lowest BCUT2D eigenvalue weighted by atomic mass is 9.79. The maximum atomic E-state index is 11.8. The lowest BCUT2D eigenvalue weighted by molar-refractivity contribution is -0.126. The highest BCUT2D eigenvalue weighted by atomic mass is 16.5. The van der Waals surface area contributed by atoms with Gasteiger partial charge in [0.1, 0.15) is 0 Å². The molecule has 1 aliphatic heterocycles. The van der Waals surface area contributed by atoms with Gasteiger partial charge in [-0.1, -0.05) is 19.8 Å². The molecular formula is C13H23NO3. The van der Waals surface area contributed by atoms with Gasteiger partial charge in [0.2, 0.25) is 5.91 Å². The predicted molar refractivity (Wildman–Crippen MR) is 64.5 cm³/mol. The summed E-state index contributed by atoms with van der Waals surface area (Å²) in [5.41, 5.74) is -0.688. The largest absolute Gasteiger partial charge is 0.388 e. The van der Waals surface area contributed by atoms with E-state index in [2.05, 4.69) is 12.2 Å². The first-order valence-corrected chi connectivity index (χ1v) is 6.67. The van der Waals surface area contributed by atoms with Gasteiger partial charge in [-0.2, -0.15) is 0 Å². The van der Waals surface area contributed by atoms with Gasteiger partial charge in [0, 0.05) is 13.2 Å². The Kier molecular flexibility index (Phi) is 4.05. The summed E-state index contributed by atoms with van der Waals surface area (Å²) in [6.07, 6.45) is 4.65. The van der Waals surface area contributed by atoms with Crippen LogP contribution >= 0.6 is 0 Å². The standard InChI is InChI=1S/C13H23NO3/c1-10-3-2-5-13(16,7-10)9-14-12(15)11-4-6-17-8-11/h10-11,16H,2-9H2,1H3,(H,14,15). The molecule has 3 atom stereocenters. The zero-order valence-corrected chi connectivity index (χ0v) is 10.6. The van der Waals surface area contributed by atoms with E-state index < -0.39 is 5.60 Å². The molecule has 0 radical (unpaired) electrons. The molecule has 0 spiro atoms. The second-order valence-corrected chi connectivity index (χ2v) is 5.70. The van der Waals surface area contributed by atoms with Crippen molar-refractivity contribution in [2.45, 2.75) is 44.6 Å². The molecule has 98 valence electrons. The molecular weight excluding hydrogens is 218 g/mol. The van der Waals surface area contributed by atoms with Crippen LogP contribution in [-0.4, -0.2) is 36.4 Å². The number of hydrogen-bond acceptors (Lipinski definition) is 3. The summed E-state index contributed by atoms with van der Waals surface area (Å²) in [6, 6.07) is 0. The van der Waals surface area contributed by atoms with Gasteiger partial charge in [-0.3, -0.25) is 4.79 Å². The molecule has 0 aromatic rings. The van der Waals surface area contributed by atoms with E-state index in [1.54, 1.807) is 0 Å². The van der Waals surface area contributed by atoms with Crippen LogP contribution in [0.15, 0.2) is 0 Å². The predicted octanol–water partition coefficient (Wildman–Crippen LogP) is 1.08. The number of hydrogen-bond donors (Lipinski definition) is 2. The second-order valence-electron chi connectivity index (χ2n) is 5.70. The molecule has 17 heavy (non-hydrogen) atoms. The molecule has 0 bridgehead atoms. The Hall–Kier alpha value is -0.610. The van der Waals surface area contributed by atoms with Gasteiger partial charge in [-0.25, -0.2) is 0 Å². The lowest BCUT2D eigenvalue weighted by Gasteiger charge is -2.35. The van der Waals surface area contributed by atoms with E-state index in [4.69, 9.17) is 4.74 Å². The zero-order chi connectivity index (χ0) is 12.3. The molecule has 1 heterocycles. The quantitative estimate of drug-likeness (QED) is 0.777. The van der Waals surface area contributed by atoms with Crippen LogP contribution in [0.4, 0.5) is 0 Å². The SMILES string of the molecule is CC1CCCC(O)(CNC(=O)C2CCOC2)C1. The van der Waals surface area contributed by atoms with Gasteiger partial charge >= 0.3 is 0 Å². The topological polar surface area (TPSA) is 58.6 Å². The van der Waals surface area contributed by atoms with Gasteiger partial charge in [-0.15, -0.1) is 0 Å². The first-order chi connectivity index (χ1) is 8.09. The number of ether oxygens (including phenoxy) is 1. The fraction of sp³-hybridized carbons (Fsp3) is 0.923. The molecule has 4 nitrogen and oxygen atoms in total. The molecule has 1 saturated carbocycles. The average Bonchev–Trinajstić information content (AvgIpc) is 2.79. The molecule has 3 unspecified atom stereocenters. The minimum Gasteiger partial charge on any atom is -0.388 e. The van der Waals surface area contributed by atoms with Crippen molar-refractivity contribution >= 4 is 5.91 Å². The molecule has 0 aromatic carbocycles. The van der Waals surface area contributed by atoms with E-state index >= 15 is 0 Å². The highest BCUT2D eigenvalue weighted by Crippen LogP contribution is 2.31. The summed E-state index contributed by atoms with van der Waals surface area (Å²) < 4.78 is 5.19. The first kappa shape index (κ1) is 12.8. The van der Waals surface area contributed by atoms with E-state index in [9.17, 15) is 9.90 Å². The van der Waals surface area contributed by atoms with Crippen molar-refractivity contribution in [2.24, 2.45) is 11.8 Å². The Bertz CT molecular complexity index is 276. The van der Waals surface area contributed by atoms with Gasteiger partial charge in [-0.05, 0) is 25.2 Å². The summed E-state index contributed by atoms with van der Waals surface area (Å²) in [5, 5.41) is 13.3. The van der Waals surface area contributed by atoms with Crippen LogP contribution in [0.1, 0.15) is 39.0 Å².